The number of rotatable bonds is 7. The number of phenolic OH excluding ortho intramolecular Hbond substituents is 1. The molecule has 4 rings (SSSR count). The van der Waals surface area contributed by atoms with Crippen LogP contribution in [0.5, 0.6) is 5.75 Å². The monoisotopic (exact) mass is 511 g/mol. The minimum Gasteiger partial charge on any atom is -0.507 e. The van der Waals surface area contributed by atoms with E-state index in [1.807, 2.05) is 30.3 Å². The van der Waals surface area contributed by atoms with Gasteiger partial charge in [-0.15, -0.1) is 10.2 Å². The van der Waals surface area contributed by atoms with Gasteiger partial charge in [0.1, 0.15) is 11.8 Å². The molecule has 2 atom stereocenters. The van der Waals surface area contributed by atoms with E-state index in [1.54, 1.807) is 13.0 Å². The molecule has 0 amide bonds. The van der Waals surface area contributed by atoms with Crippen LogP contribution < -0.4 is 5.32 Å². The fourth-order valence-corrected chi connectivity index (χ4v) is 3.54. The van der Waals surface area contributed by atoms with Crippen molar-refractivity contribution in [2.45, 2.75) is 32.1 Å². The Morgan fingerprint density at radius 1 is 1.25 bits per heavy atom. The van der Waals surface area contributed by atoms with E-state index in [0.29, 0.717) is 37.2 Å². The van der Waals surface area contributed by atoms with E-state index in [2.05, 4.69) is 15.5 Å². The summed E-state index contributed by atoms with van der Waals surface area (Å²) in [5, 5.41) is 30.3. The summed E-state index contributed by atoms with van der Waals surface area (Å²) in [6.07, 6.45) is -4.29. The second-order valence-corrected chi connectivity index (χ2v) is 7.75. The number of fused-ring (bicyclic) bond motifs is 1. The van der Waals surface area contributed by atoms with Crippen molar-refractivity contribution in [1.82, 2.24) is 15.5 Å². The van der Waals surface area contributed by atoms with Gasteiger partial charge in [0.15, 0.2) is 0 Å². The molecule has 2 heterocycles. The molecule has 0 radical (unpaired) electrons. The molecule has 10 nitrogen and oxygen atoms in total. The van der Waals surface area contributed by atoms with E-state index in [1.165, 1.54) is 0 Å². The lowest BCUT2D eigenvalue weighted by Gasteiger charge is -2.21. The highest BCUT2D eigenvalue weighted by molar-refractivity contribution is 5.91. The number of nitrogens with one attached hydrogen (secondary N) is 1. The first-order valence-corrected chi connectivity index (χ1v) is 10.9. The molecule has 36 heavy (non-hydrogen) atoms. The fraction of sp³-hybridized carbons (Fsp3) is 0.391. The molecule has 3 aromatic rings. The number of esters is 1. The molecule has 13 heteroatoms. The van der Waals surface area contributed by atoms with E-state index < -0.39 is 18.2 Å². The third-order valence-electron chi connectivity index (χ3n) is 5.25. The minimum atomic E-state index is -5.08. The standard InChI is InChI=1S/C21H23N3O5.C2HF3O2/c1-2-28-21(26)19(14-7-8-27-12-14)22-11-18-23-24-20(29-18)15-9-13-5-3-4-6-16(13)17(25)10-15;3-2(4,5)1(6)7/h3-6,9-10,14,19,22,25H,2,7-8,11-12H2,1H3;(H,6,7). The van der Waals surface area contributed by atoms with Crippen LogP contribution in [0.1, 0.15) is 19.2 Å². The van der Waals surface area contributed by atoms with E-state index in [4.69, 9.17) is 23.8 Å². The van der Waals surface area contributed by atoms with Crippen LogP contribution in [0.3, 0.4) is 0 Å². The molecular weight excluding hydrogens is 487 g/mol. The molecule has 1 aliphatic heterocycles. The number of carboxylic acids is 1. The van der Waals surface area contributed by atoms with E-state index >= 15 is 0 Å². The van der Waals surface area contributed by atoms with Crippen molar-refractivity contribution in [2.24, 2.45) is 5.92 Å². The Kier molecular flexibility index (Phi) is 8.83. The van der Waals surface area contributed by atoms with E-state index in [9.17, 15) is 23.1 Å². The van der Waals surface area contributed by atoms with Crippen molar-refractivity contribution >= 4 is 22.7 Å². The highest BCUT2D eigenvalue weighted by Crippen LogP contribution is 2.31. The van der Waals surface area contributed by atoms with Crippen molar-refractivity contribution in [1.29, 1.82) is 0 Å². The van der Waals surface area contributed by atoms with Gasteiger partial charge in [-0.2, -0.15) is 13.2 Å². The SMILES string of the molecule is CCOC(=O)C(NCc1nnc(-c2cc(O)c3ccccc3c2)o1)C1CCOC1.O=C(O)C(F)(F)F. The van der Waals surface area contributed by atoms with Crippen molar-refractivity contribution < 1.29 is 46.9 Å². The third kappa shape index (κ3) is 6.92. The van der Waals surface area contributed by atoms with Crippen LogP contribution in [-0.4, -0.2) is 64.4 Å². The summed E-state index contributed by atoms with van der Waals surface area (Å²) in [5.41, 5.74) is 0.631. The van der Waals surface area contributed by atoms with Crippen molar-refractivity contribution in [2.75, 3.05) is 19.8 Å². The largest absolute Gasteiger partial charge is 0.507 e. The lowest BCUT2D eigenvalue weighted by atomic mass is 9.99. The normalized spacial score (nSPS) is 16.3. The predicted octanol–water partition coefficient (Wildman–Crippen LogP) is 3.29. The predicted molar refractivity (Wildman–Crippen MR) is 119 cm³/mol. The number of benzene rings is 2. The van der Waals surface area contributed by atoms with Gasteiger partial charge in [0.05, 0.1) is 19.8 Å². The summed E-state index contributed by atoms with van der Waals surface area (Å²) >= 11 is 0. The van der Waals surface area contributed by atoms with Crippen LogP contribution in [-0.2, 0) is 25.6 Å². The number of halogens is 3. The Morgan fingerprint density at radius 2 is 1.97 bits per heavy atom. The van der Waals surface area contributed by atoms with Gasteiger partial charge in [0.2, 0.25) is 11.8 Å². The highest BCUT2D eigenvalue weighted by atomic mass is 19.4. The molecule has 3 N–H and O–H groups in total. The maximum Gasteiger partial charge on any atom is 0.490 e. The Balaban J connectivity index is 0.000000454. The summed E-state index contributed by atoms with van der Waals surface area (Å²) in [6, 6.07) is 10.5. The van der Waals surface area contributed by atoms with E-state index in [0.717, 1.165) is 17.2 Å². The summed E-state index contributed by atoms with van der Waals surface area (Å²) < 4.78 is 48.1. The molecule has 0 spiro atoms. The van der Waals surface area contributed by atoms with Crippen LogP contribution in [0.2, 0.25) is 0 Å². The fourth-order valence-electron chi connectivity index (χ4n) is 3.54. The number of alkyl halides is 3. The summed E-state index contributed by atoms with van der Waals surface area (Å²) in [5.74, 6) is -2.20. The second-order valence-electron chi connectivity index (χ2n) is 7.75. The van der Waals surface area contributed by atoms with Crippen molar-refractivity contribution in [3.05, 3.63) is 42.3 Å². The number of carbonyl (C=O) groups excluding carboxylic acids is 1. The first-order valence-electron chi connectivity index (χ1n) is 10.9. The number of aliphatic carboxylic acids is 1. The zero-order valence-corrected chi connectivity index (χ0v) is 19.1. The number of aromatic hydroxyl groups is 1. The smallest absolute Gasteiger partial charge is 0.490 e. The maximum absolute atomic E-state index is 12.3. The van der Waals surface area contributed by atoms with Gasteiger partial charge in [0, 0.05) is 23.5 Å². The molecule has 2 aromatic carbocycles. The number of nitrogens with zero attached hydrogens (tertiary/aromatic N) is 2. The number of ether oxygens (including phenoxy) is 2. The van der Waals surface area contributed by atoms with Gasteiger partial charge in [-0.05, 0) is 30.9 Å². The third-order valence-corrected chi connectivity index (χ3v) is 5.25. The number of carboxylic acid groups (broad SMARTS) is 1. The lowest BCUT2D eigenvalue weighted by molar-refractivity contribution is -0.192. The maximum atomic E-state index is 12.3. The molecule has 2 unspecified atom stereocenters. The lowest BCUT2D eigenvalue weighted by Crippen LogP contribution is -2.44. The van der Waals surface area contributed by atoms with Gasteiger partial charge >= 0.3 is 18.1 Å². The van der Waals surface area contributed by atoms with E-state index in [-0.39, 0.29) is 24.2 Å². The Bertz CT molecular complexity index is 1190. The number of hydrogen-bond donors (Lipinski definition) is 3. The van der Waals surface area contributed by atoms with Crippen LogP contribution in [0, 0.1) is 5.92 Å². The Morgan fingerprint density at radius 3 is 2.61 bits per heavy atom. The summed E-state index contributed by atoms with van der Waals surface area (Å²) in [6.45, 7) is 3.48. The quantitative estimate of drug-likeness (QED) is 0.404. The van der Waals surface area contributed by atoms with Crippen LogP contribution >= 0.6 is 0 Å². The molecule has 1 fully saturated rings. The molecule has 1 aliphatic rings. The molecule has 1 saturated heterocycles. The van der Waals surface area contributed by atoms with Crippen LogP contribution in [0.25, 0.3) is 22.2 Å². The number of aromatic nitrogens is 2. The highest BCUT2D eigenvalue weighted by Gasteiger charge is 2.38. The molecular formula is C23H24F3N3O7. The Labute approximate surface area is 203 Å². The van der Waals surface area contributed by atoms with Crippen LogP contribution in [0.15, 0.2) is 40.8 Å². The van der Waals surface area contributed by atoms with Crippen molar-refractivity contribution in [3.8, 4) is 17.2 Å². The molecule has 194 valence electrons. The topological polar surface area (TPSA) is 144 Å². The Hall–Kier alpha value is -3.71. The average Bonchev–Trinajstić information content (AvgIpc) is 3.52. The second kappa shape index (κ2) is 11.8. The molecule has 0 aliphatic carbocycles. The first-order chi connectivity index (χ1) is 17.1. The van der Waals surface area contributed by atoms with Gasteiger partial charge in [-0.1, -0.05) is 24.3 Å². The first kappa shape index (κ1) is 26.9. The zero-order chi connectivity index (χ0) is 26.3. The van der Waals surface area contributed by atoms with Gasteiger partial charge in [-0.25, -0.2) is 4.79 Å². The average molecular weight is 511 g/mol. The van der Waals surface area contributed by atoms with Gasteiger partial charge in [0.25, 0.3) is 0 Å². The van der Waals surface area contributed by atoms with Gasteiger partial charge in [-0.3, -0.25) is 10.1 Å². The molecule has 1 aromatic heterocycles. The number of carbonyl (C=O) groups is 2. The van der Waals surface area contributed by atoms with Crippen LogP contribution in [0.4, 0.5) is 13.2 Å². The minimum absolute atomic E-state index is 0.0499. The van der Waals surface area contributed by atoms with Gasteiger partial charge < -0.3 is 24.1 Å². The number of phenols is 1. The zero-order valence-electron chi connectivity index (χ0n) is 19.1. The molecule has 0 bridgehead atoms. The van der Waals surface area contributed by atoms with Crippen molar-refractivity contribution in [3.63, 3.8) is 0 Å². The number of hydrogen-bond acceptors (Lipinski definition) is 9. The summed E-state index contributed by atoms with van der Waals surface area (Å²) in [4.78, 5) is 21.2. The molecule has 0 saturated carbocycles. The summed E-state index contributed by atoms with van der Waals surface area (Å²) in [7, 11) is 0.